The van der Waals surface area contributed by atoms with Crippen molar-refractivity contribution in [1.29, 1.82) is 0 Å². The zero-order chi connectivity index (χ0) is 14.2. The van der Waals surface area contributed by atoms with Crippen LogP contribution in [0.1, 0.15) is 36.8 Å². The van der Waals surface area contributed by atoms with Crippen LogP contribution in [0.5, 0.6) is 0 Å². The molecule has 2 aromatic rings. The summed E-state index contributed by atoms with van der Waals surface area (Å²) < 4.78 is 2.35. The van der Waals surface area contributed by atoms with Crippen LogP contribution in [0.2, 0.25) is 5.15 Å². The smallest absolute Gasteiger partial charge is 0.155 e. The fourth-order valence-electron chi connectivity index (χ4n) is 1.71. The topological polar surface area (TPSA) is 47.8 Å². The summed E-state index contributed by atoms with van der Waals surface area (Å²) in [6.45, 7) is 5.95. The molecule has 0 spiro atoms. The van der Waals surface area contributed by atoms with Crippen LogP contribution in [-0.2, 0) is 5.41 Å². The minimum absolute atomic E-state index is 0.263. The van der Waals surface area contributed by atoms with E-state index in [1.165, 1.54) is 4.68 Å². The lowest BCUT2D eigenvalue weighted by Gasteiger charge is -2.15. The second-order valence-corrected chi connectivity index (χ2v) is 6.44. The van der Waals surface area contributed by atoms with E-state index in [9.17, 15) is 4.79 Å². The summed E-state index contributed by atoms with van der Waals surface area (Å²) in [6.07, 6.45) is 2.40. The second-order valence-electron chi connectivity index (χ2n) is 5.17. The van der Waals surface area contributed by atoms with Gasteiger partial charge in [-0.25, -0.2) is 9.67 Å². The van der Waals surface area contributed by atoms with Crippen LogP contribution in [0.15, 0.2) is 22.8 Å². The molecule has 0 aromatic carbocycles. The highest BCUT2D eigenvalue weighted by Gasteiger charge is 2.26. The summed E-state index contributed by atoms with van der Waals surface area (Å²) in [5.74, 6) is 0.576. The first-order valence-corrected chi connectivity index (χ1v) is 6.88. The van der Waals surface area contributed by atoms with E-state index in [1.807, 2.05) is 26.8 Å². The number of nitrogens with zero attached hydrogens (tertiary/aromatic N) is 3. The molecule has 0 aliphatic rings. The Morgan fingerprint density at radius 3 is 2.47 bits per heavy atom. The molecule has 0 N–H and O–H groups in total. The van der Waals surface area contributed by atoms with E-state index in [0.717, 1.165) is 10.8 Å². The molecule has 0 bridgehead atoms. The van der Waals surface area contributed by atoms with E-state index in [4.69, 9.17) is 11.6 Å². The summed E-state index contributed by atoms with van der Waals surface area (Å²) >= 11 is 9.55. The van der Waals surface area contributed by atoms with Crippen molar-refractivity contribution >= 4 is 33.8 Å². The number of carbonyl (C=O) groups excluding carboxylic acids is 1. The summed E-state index contributed by atoms with van der Waals surface area (Å²) in [4.78, 5) is 15.5. The van der Waals surface area contributed by atoms with Crippen LogP contribution < -0.4 is 0 Å². The third-order valence-corrected chi connectivity index (χ3v) is 3.45. The van der Waals surface area contributed by atoms with Crippen LogP contribution in [0.25, 0.3) is 5.82 Å². The molecule has 0 radical (unpaired) electrons. The fourth-order valence-corrected chi connectivity index (χ4v) is 2.21. The number of hydrogen-bond acceptors (Lipinski definition) is 3. The molecule has 100 valence electrons. The monoisotopic (exact) mass is 341 g/mol. The number of aldehydes is 1. The third kappa shape index (κ3) is 2.72. The molecule has 0 atom stereocenters. The number of pyridine rings is 1. The number of aromatic nitrogens is 3. The van der Waals surface area contributed by atoms with Crippen molar-refractivity contribution in [2.75, 3.05) is 0 Å². The van der Waals surface area contributed by atoms with Crippen molar-refractivity contribution in [2.24, 2.45) is 0 Å². The molecule has 0 amide bonds. The van der Waals surface area contributed by atoms with E-state index < -0.39 is 0 Å². The first-order valence-electron chi connectivity index (χ1n) is 5.70. The van der Waals surface area contributed by atoms with Crippen molar-refractivity contribution in [3.63, 3.8) is 0 Å². The zero-order valence-corrected chi connectivity index (χ0v) is 13.2. The molecule has 2 aromatic heterocycles. The number of hydrogen-bond donors (Lipinski definition) is 0. The lowest BCUT2D eigenvalue weighted by Crippen LogP contribution is -2.14. The van der Waals surface area contributed by atoms with Gasteiger partial charge in [-0.05, 0) is 28.1 Å². The first-order chi connectivity index (χ1) is 8.84. The van der Waals surface area contributed by atoms with Crippen molar-refractivity contribution in [3.05, 3.63) is 39.2 Å². The van der Waals surface area contributed by atoms with E-state index in [0.29, 0.717) is 17.1 Å². The third-order valence-electron chi connectivity index (χ3n) is 2.62. The molecule has 0 aliphatic heterocycles. The maximum Gasteiger partial charge on any atom is 0.155 e. The predicted molar refractivity (Wildman–Crippen MR) is 78.2 cm³/mol. The summed E-state index contributed by atoms with van der Waals surface area (Å²) in [5.41, 5.74) is 0.816. The summed E-state index contributed by atoms with van der Waals surface area (Å²) in [5, 5.41) is 4.71. The lowest BCUT2D eigenvalue weighted by molar-refractivity contribution is 0.112. The molecule has 0 fully saturated rings. The summed E-state index contributed by atoms with van der Waals surface area (Å²) in [7, 11) is 0. The minimum Gasteiger partial charge on any atom is -0.298 e. The number of carbonyl (C=O) groups is 1. The maximum absolute atomic E-state index is 11.2. The normalized spacial score (nSPS) is 11.6. The van der Waals surface area contributed by atoms with Gasteiger partial charge in [0, 0.05) is 16.1 Å². The van der Waals surface area contributed by atoms with Crippen LogP contribution in [0.3, 0.4) is 0 Å². The van der Waals surface area contributed by atoms with E-state index in [1.54, 1.807) is 12.3 Å². The lowest BCUT2D eigenvalue weighted by atomic mass is 9.90. The Morgan fingerprint density at radius 2 is 2.05 bits per heavy atom. The van der Waals surface area contributed by atoms with E-state index in [-0.39, 0.29) is 10.6 Å². The Balaban J connectivity index is 2.63. The van der Waals surface area contributed by atoms with Crippen LogP contribution in [-0.4, -0.2) is 21.1 Å². The van der Waals surface area contributed by atoms with Crippen molar-refractivity contribution in [3.8, 4) is 5.82 Å². The molecule has 19 heavy (non-hydrogen) atoms. The molecule has 0 saturated carbocycles. The Morgan fingerprint density at radius 1 is 1.37 bits per heavy atom. The van der Waals surface area contributed by atoms with Gasteiger partial charge >= 0.3 is 0 Å². The van der Waals surface area contributed by atoms with E-state index >= 15 is 0 Å². The van der Waals surface area contributed by atoms with Gasteiger partial charge in [-0.2, -0.15) is 5.10 Å². The Bertz CT molecular complexity index is 614. The average Bonchev–Trinajstić information content (AvgIpc) is 2.67. The highest BCUT2D eigenvalue weighted by molar-refractivity contribution is 9.10. The molecular weight excluding hydrogens is 330 g/mol. The SMILES string of the molecule is CC(C)(C)c1nn(-c2ccc(Br)cn2)c(Cl)c1C=O. The predicted octanol–water partition coefficient (Wildman–Crippen LogP) is 3.79. The van der Waals surface area contributed by atoms with Gasteiger partial charge in [-0.1, -0.05) is 32.4 Å². The zero-order valence-electron chi connectivity index (χ0n) is 10.8. The number of halogens is 2. The van der Waals surface area contributed by atoms with Crippen molar-refractivity contribution in [1.82, 2.24) is 14.8 Å². The van der Waals surface area contributed by atoms with Gasteiger partial charge in [-0.3, -0.25) is 4.79 Å². The van der Waals surface area contributed by atoms with E-state index in [2.05, 4.69) is 26.0 Å². The minimum atomic E-state index is -0.263. The van der Waals surface area contributed by atoms with Gasteiger partial charge in [0.2, 0.25) is 0 Å². The Kier molecular flexibility index (Phi) is 3.78. The molecule has 2 rings (SSSR count). The largest absolute Gasteiger partial charge is 0.298 e. The average molecular weight is 343 g/mol. The molecule has 0 unspecified atom stereocenters. The van der Waals surface area contributed by atoms with Gasteiger partial charge in [0.05, 0.1) is 11.3 Å². The second kappa shape index (κ2) is 5.06. The molecule has 0 saturated heterocycles. The highest BCUT2D eigenvalue weighted by atomic mass is 79.9. The Labute approximate surface area is 124 Å². The maximum atomic E-state index is 11.2. The molecule has 6 heteroatoms. The first kappa shape index (κ1) is 14.2. The van der Waals surface area contributed by atoms with Crippen LogP contribution >= 0.6 is 27.5 Å². The van der Waals surface area contributed by atoms with Gasteiger partial charge in [-0.15, -0.1) is 0 Å². The van der Waals surface area contributed by atoms with Crippen LogP contribution in [0.4, 0.5) is 0 Å². The van der Waals surface area contributed by atoms with Gasteiger partial charge in [0.15, 0.2) is 12.1 Å². The molecule has 2 heterocycles. The van der Waals surface area contributed by atoms with Crippen molar-refractivity contribution in [2.45, 2.75) is 26.2 Å². The van der Waals surface area contributed by atoms with Gasteiger partial charge < -0.3 is 0 Å². The van der Waals surface area contributed by atoms with Crippen LogP contribution in [0, 0.1) is 0 Å². The molecule has 0 aliphatic carbocycles. The fraction of sp³-hybridized carbons (Fsp3) is 0.308. The summed E-state index contributed by atoms with van der Waals surface area (Å²) in [6, 6.07) is 3.63. The van der Waals surface area contributed by atoms with Gasteiger partial charge in [0.1, 0.15) is 5.15 Å². The Hall–Kier alpha value is -1.20. The van der Waals surface area contributed by atoms with Gasteiger partial charge in [0.25, 0.3) is 0 Å². The number of rotatable bonds is 2. The highest BCUT2D eigenvalue weighted by Crippen LogP contribution is 2.30. The molecular formula is C13H13BrClN3O. The van der Waals surface area contributed by atoms with Crippen molar-refractivity contribution < 1.29 is 4.79 Å². The quantitative estimate of drug-likeness (QED) is 0.780. The standard InChI is InChI=1S/C13H13BrClN3O/c1-13(2,3)11-9(7-19)12(15)18(17-11)10-5-4-8(14)6-16-10/h4-7H,1-3H3. The molecule has 4 nitrogen and oxygen atoms in total.